The van der Waals surface area contributed by atoms with Gasteiger partial charge in [-0.2, -0.15) is 4.39 Å². The number of hydrogen-bond acceptors (Lipinski definition) is 5. The first-order valence-electron chi connectivity index (χ1n) is 9.77. The van der Waals surface area contributed by atoms with Crippen LogP contribution in [0.1, 0.15) is 51.0 Å². The van der Waals surface area contributed by atoms with E-state index in [0.717, 1.165) is 31.5 Å². The first-order valence-corrected chi connectivity index (χ1v) is 10.1. The van der Waals surface area contributed by atoms with E-state index in [0.29, 0.717) is 22.4 Å². The zero-order chi connectivity index (χ0) is 19.2. The van der Waals surface area contributed by atoms with Crippen LogP contribution in [-0.4, -0.2) is 47.6 Å². The minimum atomic E-state index is -0.981. The SMILES string of the molecule is CCOC(=O)/C(F)=C/c1cnc(N[C@@H]2CCCN(C3CCCC3)C2)c(Cl)c1. The number of likely N-dealkylation sites (tertiary alicyclic amines) is 1. The number of hydrogen-bond donors (Lipinski definition) is 1. The van der Waals surface area contributed by atoms with Gasteiger partial charge < -0.3 is 10.1 Å². The quantitative estimate of drug-likeness (QED) is 0.570. The molecule has 2 heterocycles. The third kappa shape index (κ3) is 5.42. The molecule has 7 heteroatoms. The molecule has 0 aromatic carbocycles. The number of carbonyl (C=O) groups is 1. The maximum absolute atomic E-state index is 13.8. The largest absolute Gasteiger partial charge is 0.461 e. The summed E-state index contributed by atoms with van der Waals surface area (Å²) in [6, 6.07) is 2.63. The Bertz CT molecular complexity index is 692. The molecule has 0 bridgehead atoms. The molecule has 2 fully saturated rings. The average molecular weight is 396 g/mol. The van der Waals surface area contributed by atoms with Gasteiger partial charge in [0.05, 0.1) is 11.6 Å². The Morgan fingerprint density at radius 3 is 2.89 bits per heavy atom. The summed E-state index contributed by atoms with van der Waals surface area (Å²) in [6.45, 7) is 3.92. The van der Waals surface area contributed by atoms with Crippen LogP contribution in [0.15, 0.2) is 18.1 Å². The van der Waals surface area contributed by atoms with Gasteiger partial charge in [-0.15, -0.1) is 0 Å². The normalized spacial score (nSPS) is 22.0. The molecule has 0 amide bonds. The number of rotatable bonds is 6. The van der Waals surface area contributed by atoms with Gasteiger partial charge in [0.25, 0.3) is 0 Å². The zero-order valence-electron chi connectivity index (χ0n) is 15.7. The van der Waals surface area contributed by atoms with Crippen molar-refractivity contribution in [3.05, 3.63) is 28.7 Å². The molecule has 1 aliphatic heterocycles. The van der Waals surface area contributed by atoms with E-state index in [1.165, 1.54) is 38.4 Å². The maximum atomic E-state index is 13.8. The summed E-state index contributed by atoms with van der Waals surface area (Å²) >= 11 is 6.33. The van der Waals surface area contributed by atoms with Crippen LogP contribution in [0.3, 0.4) is 0 Å². The summed E-state index contributed by atoms with van der Waals surface area (Å²) in [5.74, 6) is -1.34. The monoisotopic (exact) mass is 395 g/mol. The standard InChI is InChI=1S/C20H27ClFN3O2/c1-2-27-20(26)18(22)11-14-10-17(21)19(23-12-14)24-15-6-5-9-25(13-15)16-7-3-4-8-16/h10-12,15-16H,2-9,13H2,1H3,(H,23,24)/b18-11-/t15-/m1/s1. The second-order valence-corrected chi connectivity index (χ2v) is 7.64. The van der Waals surface area contributed by atoms with Crippen LogP contribution in [0.25, 0.3) is 6.08 Å². The van der Waals surface area contributed by atoms with Gasteiger partial charge in [0, 0.05) is 24.8 Å². The van der Waals surface area contributed by atoms with Crippen LogP contribution < -0.4 is 5.32 Å². The third-order valence-electron chi connectivity index (χ3n) is 5.26. The summed E-state index contributed by atoms with van der Waals surface area (Å²) in [5.41, 5.74) is 0.423. The van der Waals surface area contributed by atoms with E-state index in [1.807, 2.05) is 0 Å². The van der Waals surface area contributed by atoms with Crippen molar-refractivity contribution in [2.24, 2.45) is 0 Å². The number of nitrogens with zero attached hydrogens (tertiary/aromatic N) is 2. The average Bonchev–Trinajstić information content (AvgIpc) is 3.19. The molecule has 0 spiro atoms. The Morgan fingerprint density at radius 1 is 1.41 bits per heavy atom. The van der Waals surface area contributed by atoms with E-state index in [-0.39, 0.29) is 6.61 Å². The summed E-state index contributed by atoms with van der Waals surface area (Å²) in [6.07, 6.45) is 10.1. The molecular weight excluding hydrogens is 369 g/mol. The number of esters is 1. The van der Waals surface area contributed by atoms with Gasteiger partial charge in [0.1, 0.15) is 5.82 Å². The van der Waals surface area contributed by atoms with Crippen LogP contribution in [0, 0.1) is 0 Å². The van der Waals surface area contributed by atoms with Gasteiger partial charge in [-0.05, 0) is 56.9 Å². The molecule has 2 aliphatic rings. The lowest BCUT2D eigenvalue weighted by Crippen LogP contribution is -2.46. The highest BCUT2D eigenvalue weighted by molar-refractivity contribution is 6.33. The minimum Gasteiger partial charge on any atom is -0.461 e. The molecule has 1 N–H and O–H groups in total. The predicted molar refractivity (Wildman–Crippen MR) is 105 cm³/mol. The molecule has 5 nitrogen and oxygen atoms in total. The second-order valence-electron chi connectivity index (χ2n) is 7.23. The molecule has 1 saturated carbocycles. The van der Waals surface area contributed by atoms with Crippen molar-refractivity contribution in [3.8, 4) is 0 Å². The maximum Gasteiger partial charge on any atom is 0.367 e. The van der Waals surface area contributed by atoms with Crippen molar-refractivity contribution < 1.29 is 13.9 Å². The van der Waals surface area contributed by atoms with Gasteiger partial charge in [-0.3, -0.25) is 4.90 Å². The van der Waals surface area contributed by atoms with Crippen molar-refractivity contribution in [1.82, 2.24) is 9.88 Å². The van der Waals surface area contributed by atoms with Crippen LogP contribution in [0.5, 0.6) is 0 Å². The molecule has 0 radical (unpaired) electrons. The van der Waals surface area contributed by atoms with E-state index in [9.17, 15) is 9.18 Å². The Balaban J connectivity index is 1.62. The lowest BCUT2D eigenvalue weighted by atomic mass is 10.0. The number of ether oxygens (including phenoxy) is 1. The second kappa shape index (κ2) is 9.51. The molecule has 3 rings (SSSR count). The Kier molecular flexibility index (Phi) is 7.07. The van der Waals surface area contributed by atoms with Gasteiger partial charge in [-0.25, -0.2) is 9.78 Å². The lowest BCUT2D eigenvalue weighted by Gasteiger charge is -2.37. The molecule has 27 heavy (non-hydrogen) atoms. The molecule has 148 valence electrons. The van der Waals surface area contributed by atoms with Crippen LogP contribution in [-0.2, 0) is 9.53 Å². The topological polar surface area (TPSA) is 54.5 Å². The van der Waals surface area contributed by atoms with Crippen LogP contribution in [0.2, 0.25) is 5.02 Å². The Labute approximate surface area is 164 Å². The van der Waals surface area contributed by atoms with E-state index < -0.39 is 11.8 Å². The van der Waals surface area contributed by atoms with Crippen molar-refractivity contribution >= 4 is 29.5 Å². The van der Waals surface area contributed by atoms with Gasteiger partial charge in [0.2, 0.25) is 5.83 Å². The zero-order valence-corrected chi connectivity index (χ0v) is 16.5. The number of carbonyl (C=O) groups excluding carboxylic acids is 1. The summed E-state index contributed by atoms with van der Waals surface area (Å²) in [4.78, 5) is 18.3. The summed E-state index contributed by atoms with van der Waals surface area (Å²) < 4.78 is 18.4. The Hall–Kier alpha value is -1.66. The molecule has 1 atom stereocenters. The first kappa shape index (κ1) is 20.1. The number of halogens is 2. The molecule has 1 aromatic heterocycles. The van der Waals surface area contributed by atoms with Crippen LogP contribution >= 0.6 is 11.6 Å². The summed E-state index contributed by atoms with van der Waals surface area (Å²) in [5, 5.41) is 3.85. The molecular formula is C20H27ClFN3O2. The van der Waals surface area contributed by atoms with Crippen molar-refractivity contribution in [1.29, 1.82) is 0 Å². The van der Waals surface area contributed by atoms with E-state index in [1.54, 1.807) is 13.0 Å². The van der Waals surface area contributed by atoms with Crippen molar-refractivity contribution in [2.45, 2.75) is 57.5 Å². The van der Waals surface area contributed by atoms with Gasteiger partial charge in [0.15, 0.2) is 0 Å². The van der Waals surface area contributed by atoms with Gasteiger partial charge in [-0.1, -0.05) is 24.4 Å². The minimum absolute atomic E-state index is 0.126. The molecule has 1 aromatic rings. The summed E-state index contributed by atoms with van der Waals surface area (Å²) in [7, 11) is 0. The number of anilines is 1. The lowest BCUT2D eigenvalue weighted by molar-refractivity contribution is -0.140. The predicted octanol–water partition coefficient (Wildman–Crippen LogP) is 4.43. The van der Waals surface area contributed by atoms with E-state index in [2.05, 4.69) is 19.9 Å². The molecule has 1 aliphatic carbocycles. The van der Waals surface area contributed by atoms with Crippen molar-refractivity contribution in [2.75, 3.05) is 25.0 Å². The highest BCUT2D eigenvalue weighted by Crippen LogP contribution is 2.28. The van der Waals surface area contributed by atoms with E-state index in [4.69, 9.17) is 11.6 Å². The highest BCUT2D eigenvalue weighted by atomic mass is 35.5. The molecule has 0 unspecified atom stereocenters. The fourth-order valence-electron chi connectivity index (χ4n) is 3.96. The fourth-order valence-corrected chi connectivity index (χ4v) is 4.19. The number of pyridine rings is 1. The highest BCUT2D eigenvalue weighted by Gasteiger charge is 2.28. The first-order chi connectivity index (χ1) is 13.1. The third-order valence-corrected chi connectivity index (χ3v) is 5.55. The van der Waals surface area contributed by atoms with Crippen LogP contribution in [0.4, 0.5) is 10.2 Å². The Morgan fingerprint density at radius 2 is 2.19 bits per heavy atom. The fraction of sp³-hybridized carbons (Fsp3) is 0.600. The van der Waals surface area contributed by atoms with E-state index >= 15 is 0 Å². The van der Waals surface area contributed by atoms with Crippen molar-refractivity contribution in [3.63, 3.8) is 0 Å². The molecule has 1 saturated heterocycles. The number of aromatic nitrogens is 1. The number of nitrogens with one attached hydrogen (secondary N) is 1. The smallest absolute Gasteiger partial charge is 0.367 e. The van der Waals surface area contributed by atoms with Gasteiger partial charge >= 0.3 is 5.97 Å². The number of piperidine rings is 1.